The lowest BCUT2D eigenvalue weighted by Gasteiger charge is -2.34. The lowest BCUT2D eigenvalue weighted by Crippen LogP contribution is -2.38. The maximum Gasteiger partial charge on any atom is 0.231 e. The van der Waals surface area contributed by atoms with Crippen molar-refractivity contribution in [3.05, 3.63) is 47.4 Å². The molecule has 0 radical (unpaired) electrons. The predicted octanol–water partition coefficient (Wildman–Crippen LogP) is 3.79. The van der Waals surface area contributed by atoms with Crippen molar-refractivity contribution < 1.29 is 4.39 Å². The standard InChI is InChI=1S/C19H24FN5S/c1-13-11-17(25-10-4-3-5-14(25)2)23-18(22-13)24-19(26)21-12-15-6-8-16(20)9-7-15/h6-9,11,14H,3-5,10,12H2,1-2H3,(H2,21,22,23,24,26)/t14-/m1/s1. The first kappa shape index (κ1) is 18.5. The van der Waals surface area contributed by atoms with Crippen molar-refractivity contribution in [3.8, 4) is 0 Å². The lowest BCUT2D eigenvalue weighted by molar-refractivity contribution is 0.481. The minimum atomic E-state index is -0.248. The Morgan fingerprint density at radius 3 is 2.77 bits per heavy atom. The summed E-state index contributed by atoms with van der Waals surface area (Å²) in [6.07, 6.45) is 3.64. The molecular weight excluding hydrogens is 349 g/mol. The van der Waals surface area contributed by atoms with Gasteiger partial charge in [-0.15, -0.1) is 0 Å². The van der Waals surface area contributed by atoms with Crippen LogP contribution in [0.15, 0.2) is 30.3 Å². The molecule has 0 amide bonds. The third kappa shape index (κ3) is 4.88. The fourth-order valence-corrected chi connectivity index (χ4v) is 3.29. The summed E-state index contributed by atoms with van der Waals surface area (Å²) < 4.78 is 13.0. The summed E-state index contributed by atoms with van der Waals surface area (Å²) in [6, 6.07) is 8.82. The van der Waals surface area contributed by atoms with Crippen molar-refractivity contribution in [2.75, 3.05) is 16.8 Å². The molecule has 138 valence electrons. The van der Waals surface area contributed by atoms with Crippen LogP contribution < -0.4 is 15.5 Å². The molecule has 0 saturated carbocycles. The molecule has 5 nitrogen and oxygen atoms in total. The summed E-state index contributed by atoms with van der Waals surface area (Å²) in [6.45, 7) is 5.72. The van der Waals surface area contributed by atoms with E-state index in [1.54, 1.807) is 12.1 Å². The maximum atomic E-state index is 13.0. The summed E-state index contributed by atoms with van der Waals surface area (Å²) >= 11 is 5.34. The molecule has 2 N–H and O–H groups in total. The van der Waals surface area contributed by atoms with Gasteiger partial charge in [0.1, 0.15) is 11.6 Å². The molecular formula is C19H24FN5S. The SMILES string of the molecule is Cc1cc(N2CCCC[C@H]2C)nc(NC(=S)NCc2ccc(F)cc2)n1. The third-order valence-corrected chi connectivity index (χ3v) is 4.78. The number of aromatic nitrogens is 2. The van der Waals surface area contributed by atoms with Gasteiger partial charge in [-0.05, 0) is 63.0 Å². The van der Waals surface area contributed by atoms with Crippen molar-refractivity contribution in [2.24, 2.45) is 0 Å². The summed E-state index contributed by atoms with van der Waals surface area (Å²) in [5.41, 5.74) is 1.85. The molecule has 2 aromatic rings. The van der Waals surface area contributed by atoms with E-state index in [0.717, 1.165) is 23.6 Å². The molecule has 26 heavy (non-hydrogen) atoms. The first-order valence-corrected chi connectivity index (χ1v) is 9.34. The summed E-state index contributed by atoms with van der Waals surface area (Å²) in [4.78, 5) is 11.4. The molecule has 7 heteroatoms. The van der Waals surface area contributed by atoms with Crippen LogP contribution in [-0.2, 0) is 6.54 Å². The number of benzene rings is 1. The highest BCUT2D eigenvalue weighted by atomic mass is 32.1. The number of aryl methyl sites for hydroxylation is 1. The van der Waals surface area contributed by atoms with E-state index >= 15 is 0 Å². The summed E-state index contributed by atoms with van der Waals surface area (Å²) in [5, 5.41) is 6.60. The summed E-state index contributed by atoms with van der Waals surface area (Å²) in [5.74, 6) is 1.19. The molecule has 1 aromatic heterocycles. The molecule has 1 aromatic carbocycles. The van der Waals surface area contributed by atoms with Crippen molar-refractivity contribution in [2.45, 2.75) is 45.7 Å². The lowest BCUT2D eigenvalue weighted by atomic mass is 10.0. The van der Waals surface area contributed by atoms with Gasteiger partial charge in [0.15, 0.2) is 5.11 Å². The third-order valence-electron chi connectivity index (χ3n) is 4.53. The number of hydrogen-bond acceptors (Lipinski definition) is 4. The minimum Gasteiger partial charge on any atom is -0.358 e. The Balaban J connectivity index is 1.63. The van der Waals surface area contributed by atoms with Crippen molar-refractivity contribution in [1.29, 1.82) is 0 Å². The number of halogens is 1. The highest BCUT2D eigenvalue weighted by Gasteiger charge is 2.20. The molecule has 0 bridgehead atoms. The Morgan fingerprint density at radius 1 is 1.27 bits per heavy atom. The van der Waals surface area contributed by atoms with Gasteiger partial charge < -0.3 is 15.5 Å². The number of rotatable bonds is 4. The second-order valence-electron chi connectivity index (χ2n) is 6.66. The zero-order valence-electron chi connectivity index (χ0n) is 15.1. The van der Waals surface area contributed by atoms with E-state index in [2.05, 4.69) is 32.4 Å². The zero-order chi connectivity index (χ0) is 18.5. The zero-order valence-corrected chi connectivity index (χ0v) is 15.9. The second kappa shape index (κ2) is 8.40. The fraction of sp³-hybridized carbons (Fsp3) is 0.421. The molecule has 1 fully saturated rings. The molecule has 1 atom stereocenters. The second-order valence-corrected chi connectivity index (χ2v) is 7.07. The van der Waals surface area contributed by atoms with Crippen LogP contribution in [0.5, 0.6) is 0 Å². The van der Waals surface area contributed by atoms with Crippen LogP contribution in [0.4, 0.5) is 16.2 Å². The Morgan fingerprint density at radius 2 is 2.04 bits per heavy atom. The highest BCUT2D eigenvalue weighted by Crippen LogP contribution is 2.24. The molecule has 0 spiro atoms. The first-order valence-electron chi connectivity index (χ1n) is 8.93. The topological polar surface area (TPSA) is 53.1 Å². The van der Waals surface area contributed by atoms with Crippen molar-refractivity contribution >= 4 is 29.1 Å². The smallest absolute Gasteiger partial charge is 0.231 e. The van der Waals surface area contributed by atoms with Gasteiger partial charge in [-0.2, -0.15) is 4.98 Å². The van der Waals surface area contributed by atoms with Crippen LogP contribution in [0.25, 0.3) is 0 Å². The van der Waals surface area contributed by atoms with Crippen LogP contribution in [0.2, 0.25) is 0 Å². The first-order chi connectivity index (χ1) is 12.5. The van der Waals surface area contributed by atoms with Gasteiger partial charge in [-0.3, -0.25) is 0 Å². The monoisotopic (exact) mass is 373 g/mol. The van der Waals surface area contributed by atoms with E-state index in [1.807, 2.05) is 13.0 Å². The minimum absolute atomic E-state index is 0.248. The normalized spacial score (nSPS) is 17.0. The van der Waals surface area contributed by atoms with Gasteiger partial charge in [0.25, 0.3) is 0 Å². The number of nitrogens with zero attached hydrogens (tertiary/aromatic N) is 3. The van der Waals surface area contributed by atoms with E-state index < -0.39 is 0 Å². The van der Waals surface area contributed by atoms with Gasteiger partial charge >= 0.3 is 0 Å². The van der Waals surface area contributed by atoms with Crippen molar-refractivity contribution in [3.63, 3.8) is 0 Å². The molecule has 2 heterocycles. The number of thiocarbonyl (C=S) groups is 1. The number of nitrogens with one attached hydrogen (secondary N) is 2. The highest BCUT2D eigenvalue weighted by molar-refractivity contribution is 7.80. The molecule has 1 aliphatic heterocycles. The van der Waals surface area contributed by atoms with Gasteiger partial charge in [0.05, 0.1) is 0 Å². The van der Waals surface area contributed by atoms with Crippen molar-refractivity contribution in [1.82, 2.24) is 15.3 Å². The summed E-state index contributed by atoms with van der Waals surface area (Å²) in [7, 11) is 0. The van der Waals surface area contributed by atoms with E-state index in [4.69, 9.17) is 12.2 Å². The van der Waals surface area contributed by atoms with Crippen LogP contribution in [0.3, 0.4) is 0 Å². The molecule has 0 unspecified atom stereocenters. The number of anilines is 2. The van der Waals surface area contributed by atoms with Gasteiger partial charge in [0.2, 0.25) is 5.95 Å². The average Bonchev–Trinajstić information content (AvgIpc) is 2.61. The predicted molar refractivity (Wildman–Crippen MR) is 107 cm³/mol. The Hall–Kier alpha value is -2.28. The van der Waals surface area contributed by atoms with Crippen LogP contribution in [0, 0.1) is 12.7 Å². The average molecular weight is 374 g/mol. The maximum absolute atomic E-state index is 13.0. The quantitative estimate of drug-likeness (QED) is 0.796. The van der Waals surface area contributed by atoms with Crippen LogP contribution in [0.1, 0.15) is 37.4 Å². The molecule has 0 aliphatic carbocycles. The number of piperidine rings is 1. The Kier molecular flexibility index (Phi) is 5.98. The number of hydrogen-bond donors (Lipinski definition) is 2. The van der Waals surface area contributed by atoms with E-state index in [0.29, 0.717) is 23.6 Å². The molecule has 1 saturated heterocycles. The van der Waals surface area contributed by atoms with E-state index in [9.17, 15) is 4.39 Å². The largest absolute Gasteiger partial charge is 0.358 e. The Labute approximate surface area is 159 Å². The Bertz CT molecular complexity index is 765. The fourth-order valence-electron chi connectivity index (χ4n) is 3.12. The van der Waals surface area contributed by atoms with E-state index in [-0.39, 0.29) is 5.82 Å². The molecule has 1 aliphatic rings. The van der Waals surface area contributed by atoms with Crippen LogP contribution >= 0.6 is 12.2 Å². The van der Waals surface area contributed by atoms with Crippen LogP contribution in [-0.4, -0.2) is 27.7 Å². The van der Waals surface area contributed by atoms with Gasteiger partial charge in [-0.1, -0.05) is 12.1 Å². The van der Waals surface area contributed by atoms with Gasteiger partial charge in [-0.25, -0.2) is 9.37 Å². The van der Waals surface area contributed by atoms with E-state index in [1.165, 1.54) is 31.4 Å². The van der Waals surface area contributed by atoms with Gasteiger partial charge in [0, 0.05) is 30.9 Å². The molecule has 3 rings (SSSR count).